The van der Waals surface area contributed by atoms with Crippen molar-refractivity contribution in [2.75, 3.05) is 6.61 Å². The number of hydrogen-bond acceptors (Lipinski definition) is 2. The van der Waals surface area contributed by atoms with Crippen molar-refractivity contribution in [1.29, 1.82) is 0 Å². The molecule has 104 valence electrons. The van der Waals surface area contributed by atoms with E-state index in [1.165, 1.54) is 0 Å². The number of halogens is 2. The average Bonchev–Trinajstić information content (AvgIpc) is 2.38. The second-order valence-electron chi connectivity index (χ2n) is 4.05. The molecular weight excluding hydrogens is 295 g/mol. The van der Waals surface area contributed by atoms with Crippen molar-refractivity contribution in [1.82, 2.24) is 0 Å². The SMILES string of the molecule is CCOc1ccccc1C(N)=Nc1cc(Cl)cc(Cl)c1. The molecular formula is C15H14Cl2N2O. The molecule has 0 radical (unpaired) electrons. The Morgan fingerprint density at radius 2 is 1.80 bits per heavy atom. The Hall–Kier alpha value is -1.71. The second-order valence-corrected chi connectivity index (χ2v) is 4.93. The van der Waals surface area contributed by atoms with Gasteiger partial charge in [0.05, 0.1) is 17.9 Å². The van der Waals surface area contributed by atoms with Crippen LogP contribution in [0.15, 0.2) is 47.5 Å². The van der Waals surface area contributed by atoms with E-state index in [9.17, 15) is 0 Å². The number of para-hydroxylation sites is 1. The molecule has 5 heteroatoms. The fourth-order valence-corrected chi connectivity index (χ4v) is 2.28. The normalized spacial score (nSPS) is 11.4. The van der Waals surface area contributed by atoms with E-state index >= 15 is 0 Å². The van der Waals surface area contributed by atoms with Gasteiger partial charge >= 0.3 is 0 Å². The van der Waals surface area contributed by atoms with Crippen LogP contribution in [0.2, 0.25) is 10.0 Å². The second kappa shape index (κ2) is 6.64. The molecule has 0 aromatic heterocycles. The molecule has 0 saturated carbocycles. The van der Waals surface area contributed by atoms with Gasteiger partial charge in [-0.15, -0.1) is 0 Å². The van der Waals surface area contributed by atoms with Crippen LogP contribution in [-0.2, 0) is 0 Å². The van der Waals surface area contributed by atoms with Gasteiger partial charge in [-0.25, -0.2) is 4.99 Å². The molecule has 0 aliphatic rings. The topological polar surface area (TPSA) is 47.6 Å². The van der Waals surface area contributed by atoms with Gasteiger partial charge in [-0.1, -0.05) is 35.3 Å². The number of hydrogen-bond donors (Lipinski definition) is 1. The van der Waals surface area contributed by atoms with Gasteiger partial charge in [0, 0.05) is 10.0 Å². The quantitative estimate of drug-likeness (QED) is 0.671. The van der Waals surface area contributed by atoms with Crippen LogP contribution in [0.3, 0.4) is 0 Å². The lowest BCUT2D eigenvalue weighted by Crippen LogP contribution is -2.14. The minimum Gasteiger partial charge on any atom is -0.493 e. The smallest absolute Gasteiger partial charge is 0.135 e. The molecule has 2 aromatic carbocycles. The standard InChI is InChI=1S/C15H14Cl2N2O/c1-2-20-14-6-4-3-5-13(14)15(18)19-12-8-10(16)7-11(17)9-12/h3-9H,2H2,1H3,(H2,18,19). The predicted molar refractivity (Wildman–Crippen MR) is 84.5 cm³/mol. The van der Waals surface area contributed by atoms with E-state index in [0.717, 1.165) is 5.56 Å². The lowest BCUT2D eigenvalue weighted by Gasteiger charge is -2.09. The number of amidine groups is 1. The van der Waals surface area contributed by atoms with Gasteiger partial charge in [0.1, 0.15) is 11.6 Å². The van der Waals surface area contributed by atoms with Crippen LogP contribution in [0.5, 0.6) is 5.75 Å². The number of benzene rings is 2. The molecule has 0 fully saturated rings. The van der Waals surface area contributed by atoms with Gasteiger partial charge in [-0.3, -0.25) is 0 Å². The molecule has 0 amide bonds. The third-order valence-corrected chi connectivity index (χ3v) is 3.00. The van der Waals surface area contributed by atoms with E-state index in [2.05, 4.69) is 4.99 Å². The Morgan fingerprint density at radius 1 is 1.15 bits per heavy atom. The molecule has 0 aliphatic heterocycles. The highest BCUT2D eigenvalue weighted by Crippen LogP contribution is 2.26. The Labute approximate surface area is 128 Å². The molecule has 20 heavy (non-hydrogen) atoms. The molecule has 0 bridgehead atoms. The van der Waals surface area contributed by atoms with Gasteiger partial charge in [0.2, 0.25) is 0 Å². The van der Waals surface area contributed by atoms with Gasteiger partial charge in [0.25, 0.3) is 0 Å². The van der Waals surface area contributed by atoms with Crippen LogP contribution in [0.4, 0.5) is 5.69 Å². The maximum absolute atomic E-state index is 6.04. The molecule has 0 atom stereocenters. The van der Waals surface area contributed by atoms with E-state index in [-0.39, 0.29) is 0 Å². The van der Waals surface area contributed by atoms with E-state index < -0.39 is 0 Å². The van der Waals surface area contributed by atoms with Crippen molar-refractivity contribution < 1.29 is 4.74 Å². The van der Waals surface area contributed by atoms with Crippen molar-refractivity contribution in [3.8, 4) is 5.75 Å². The van der Waals surface area contributed by atoms with Crippen LogP contribution in [-0.4, -0.2) is 12.4 Å². The predicted octanol–water partition coefficient (Wildman–Crippen LogP) is 4.43. The van der Waals surface area contributed by atoms with Crippen LogP contribution in [0, 0.1) is 0 Å². The summed E-state index contributed by atoms with van der Waals surface area (Å²) in [6, 6.07) is 12.5. The maximum atomic E-state index is 6.04. The van der Waals surface area contributed by atoms with Crippen LogP contribution < -0.4 is 10.5 Å². The lowest BCUT2D eigenvalue weighted by molar-refractivity contribution is 0.339. The highest BCUT2D eigenvalue weighted by Gasteiger charge is 2.07. The summed E-state index contributed by atoms with van der Waals surface area (Å²) in [7, 11) is 0. The van der Waals surface area contributed by atoms with E-state index in [0.29, 0.717) is 33.9 Å². The monoisotopic (exact) mass is 308 g/mol. The first-order valence-electron chi connectivity index (χ1n) is 6.12. The zero-order valence-electron chi connectivity index (χ0n) is 10.9. The summed E-state index contributed by atoms with van der Waals surface area (Å²) in [4.78, 5) is 4.34. The summed E-state index contributed by atoms with van der Waals surface area (Å²) in [5.74, 6) is 1.05. The summed E-state index contributed by atoms with van der Waals surface area (Å²) < 4.78 is 5.53. The van der Waals surface area contributed by atoms with Crippen LogP contribution in [0.25, 0.3) is 0 Å². The number of nitrogens with zero attached hydrogens (tertiary/aromatic N) is 1. The fourth-order valence-electron chi connectivity index (χ4n) is 1.76. The van der Waals surface area contributed by atoms with Gasteiger partial charge in [-0.2, -0.15) is 0 Å². The van der Waals surface area contributed by atoms with Gasteiger partial charge in [0.15, 0.2) is 0 Å². The zero-order valence-corrected chi connectivity index (χ0v) is 12.4. The van der Waals surface area contributed by atoms with Crippen LogP contribution in [0.1, 0.15) is 12.5 Å². The number of nitrogens with two attached hydrogens (primary N) is 1. The molecule has 3 nitrogen and oxygen atoms in total. The van der Waals surface area contributed by atoms with Crippen molar-refractivity contribution in [2.24, 2.45) is 10.7 Å². The van der Waals surface area contributed by atoms with Crippen molar-refractivity contribution >= 4 is 34.7 Å². The largest absolute Gasteiger partial charge is 0.493 e. The number of rotatable bonds is 4. The average molecular weight is 309 g/mol. The molecule has 2 aromatic rings. The van der Waals surface area contributed by atoms with E-state index in [4.69, 9.17) is 33.7 Å². The van der Waals surface area contributed by atoms with Gasteiger partial charge < -0.3 is 10.5 Å². The van der Waals surface area contributed by atoms with Crippen molar-refractivity contribution in [3.63, 3.8) is 0 Å². The fraction of sp³-hybridized carbons (Fsp3) is 0.133. The highest BCUT2D eigenvalue weighted by atomic mass is 35.5. The summed E-state index contributed by atoms with van der Waals surface area (Å²) in [6.45, 7) is 2.48. The minimum absolute atomic E-state index is 0.354. The summed E-state index contributed by atoms with van der Waals surface area (Å²) in [5.41, 5.74) is 7.39. The zero-order chi connectivity index (χ0) is 14.5. The first kappa shape index (κ1) is 14.7. The highest BCUT2D eigenvalue weighted by molar-refractivity contribution is 6.35. The Bertz CT molecular complexity index is 621. The molecule has 0 aliphatic carbocycles. The van der Waals surface area contributed by atoms with Crippen molar-refractivity contribution in [3.05, 3.63) is 58.1 Å². The Kier molecular flexibility index (Phi) is 4.88. The lowest BCUT2D eigenvalue weighted by atomic mass is 10.2. The summed E-state index contributed by atoms with van der Waals surface area (Å²) in [5, 5.41) is 1.03. The van der Waals surface area contributed by atoms with Crippen molar-refractivity contribution in [2.45, 2.75) is 6.92 Å². The molecule has 2 rings (SSSR count). The van der Waals surface area contributed by atoms with E-state index in [1.54, 1.807) is 18.2 Å². The Balaban J connectivity index is 2.39. The molecule has 0 spiro atoms. The third-order valence-electron chi connectivity index (χ3n) is 2.56. The minimum atomic E-state index is 0.354. The van der Waals surface area contributed by atoms with E-state index in [1.807, 2.05) is 31.2 Å². The summed E-state index contributed by atoms with van der Waals surface area (Å²) >= 11 is 11.9. The number of aliphatic imine (C=N–C) groups is 1. The summed E-state index contributed by atoms with van der Waals surface area (Å²) in [6.07, 6.45) is 0. The molecule has 0 saturated heterocycles. The maximum Gasteiger partial charge on any atom is 0.135 e. The third kappa shape index (κ3) is 3.65. The molecule has 0 heterocycles. The molecule has 2 N–H and O–H groups in total. The molecule has 0 unspecified atom stereocenters. The van der Waals surface area contributed by atoms with Gasteiger partial charge in [-0.05, 0) is 37.3 Å². The van der Waals surface area contributed by atoms with Crippen LogP contribution >= 0.6 is 23.2 Å². The first-order valence-corrected chi connectivity index (χ1v) is 6.88. The Morgan fingerprint density at radius 3 is 2.45 bits per heavy atom. The number of ether oxygens (including phenoxy) is 1. The first-order chi connectivity index (χ1) is 9.60.